The zero-order valence-electron chi connectivity index (χ0n) is 36.7. The van der Waals surface area contributed by atoms with E-state index in [1.165, 1.54) is 36.4 Å². The van der Waals surface area contributed by atoms with Crippen LogP contribution in [0.1, 0.15) is 50.2 Å². The molecule has 0 unspecified atom stereocenters. The van der Waals surface area contributed by atoms with Crippen LogP contribution in [-0.2, 0) is 35.1 Å². The molecule has 0 saturated carbocycles. The quantitative estimate of drug-likeness (QED) is 0.0345. The normalized spacial score (nSPS) is 11.1. The summed E-state index contributed by atoms with van der Waals surface area (Å²) in [6.07, 6.45) is 2.06. The zero-order chi connectivity index (χ0) is 46.8. The first-order valence-electron chi connectivity index (χ1n) is 21.5. The maximum atomic E-state index is 13.4. The van der Waals surface area contributed by atoms with Crippen LogP contribution in [-0.4, -0.2) is 99.8 Å². The SMILES string of the molecule is C=Cc1ccccc1CN(C(=O)CCNC(=O)CCOCCOCCOCCOCCNC(=O)c1ccc(-c2c3ccc(=O)cc-3oc3cc(O)ccc23)c(C(=O)O)c1)c1ccccc1C. The molecule has 0 spiro atoms. The molecule has 4 aromatic carbocycles. The summed E-state index contributed by atoms with van der Waals surface area (Å²) in [5.41, 5.74) is 4.97. The number of para-hydroxylation sites is 1. The number of carboxylic acid groups (broad SMARTS) is 1. The van der Waals surface area contributed by atoms with Gasteiger partial charge in [0.1, 0.15) is 17.1 Å². The third-order valence-electron chi connectivity index (χ3n) is 10.6. The highest BCUT2D eigenvalue weighted by Crippen LogP contribution is 2.42. The molecule has 6 rings (SSSR count). The van der Waals surface area contributed by atoms with Crippen LogP contribution >= 0.6 is 0 Å². The summed E-state index contributed by atoms with van der Waals surface area (Å²) in [6.45, 7) is 8.89. The van der Waals surface area contributed by atoms with Crippen LogP contribution < -0.4 is 21.0 Å². The minimum Gasteiger partial charge on any atom is -0.508 e. The number of carbonyl (C=O) groups is 4. The number of aromatic carboxylic acids is 1. The van der Waals surface area contributed by atoms with Crippen molar-refractivity contribution in [2.75, 3.05) is 70.8 Å². The molecule has 0 fully saturated rings. The van der Waals surface area contributed by atoms with Crippen molar-refractivity contribution in [3.63, 3.8) is 0 Å². The zero-order valence-corrected chi connectivity index (χ0v) is 36.7. The topological polar surface area (TPSA) is 203 Å². The number of aromatic hydroxyl groups is 1. The number of hydrogen-bond donors (Lipinski definition) is 4. The highest BCUT2D eigenvalue weighted by Gasteiger charge is 2.24. The van der Waals surface area contributed by atoms with Gasteiger partial charge in [-0.1, -0.05) is 61.2 Å². The van der Waals surface area contributed by atoms with Crippen LogP contribution in [0.15, 0.2) is 119 Å². The fraction of sp³-hybridized carbons (Fsp3) is 0.275. The average molecular weight is 900 g/mol. The number of ether oxygens (including phenoxy) is 4. The number of benzene rings is 5. The van der Waals surface area contributed by atoms with Crippen LogP contribution in [0.2, 0.25) is 0 Å². The number of nitrogens with one attached hydrogen (secondary N) is 2. The number of carboxylic acids is 1. The highest BCUT2D eigenvalue weighted by atomic mass is 16.6. The van der Waals surface area contributed by atoms with Crippen molar-refractivity contribution in [3.8, 4) is 28.2 Å². The van der Waals surface area contributed by atoms with Crippen LogP contribution in [0.4, 0.5) is 5.69 Å². The second-order valence-corrected chi connectivity index (χ2v) is 15.1. The Bertz CT molecular complexity index is 2680. The van der Waals surface area contributed by atoms with Crippen molar-refractivity contribution in [1.29, 1.82) is 0 Å². The van der Waals surface area contributed by atoms with Gasteiger partial charge in [-0.2, -0.15) is 0 Å². The van der Waals surface area contributed by atoms with Gasteiger partial charge in [-0.15, -0.1) is 0 Å². The first-order valence-corrected chi connectivity index (χ1v) is 21.5. The van der Waals surface area contributed by atoms with Crippen LogP contribution in [0, 0.1) is 6.92 Å². The smallest absolute Gasteiger partial charge is 0.336 e. The Kier molecular flexibility index (Phi) is 17.7. The fourth-order valence-corrected chi connectivity index (χ4v) is 7.25. The summed E-state index contributed by atoms with van der Waals surface area (Å²) in [5.74, 6) is -1.90. The van der Waals surface area contributed by atoms with E-state index in [-0.39, 0.29) is 91.2 Å². The number of amides is 3. The maximum Gasteiger partial charge on any atom is 0.336 e. The number of rotatable bonds is 25. The maximum absolute atomic E-state index is 13.4. The van der Waals surface area contributed by atoms with Gasteiger partial charge in [0.15, 0.2) is 5.43 Å². The Morgan fingerprint density at radius 1 is 0.727 bits per heavy atom. The molecule has 1 heterocycles. The second-order valence-electron chi connectivity index (χ2n) is 15.1. The Morgan fingerprint density at radius 2 is 1.41 bits per heavy atom. The van der Waals surface area contributed by atoms with Crippen molar-refractivity contribution in [2.24, 2.45) is 0 Å². The molecule has 3 amide bonds. The summed E-state index contributed by atoms with van der Waals surface area (Å²) in [4.78, 5) is 65.2. The van der Waals surface area contributed by atoms with Crippen molar-refractivity contribution in [2.45, 2.75) is 26.3 Å². The summed E-state index contributed by atoms with van der Waals surface area (Å²) in [6, 6.07) is 28.5. The first-order chi connectivity index (χ1) is 32.0. The first kappa shape index (κ1) is 48.3. The van der Waals surface area contributed by atoms with Gasteiger partial charge in [0, 0.05) is 65.8 Å². The average Bonchev–Trinajstić information content (AvgIpc) is 3.31. The number of hydrogen-bond acceptors (Lipinski definition) is 11. The van der Waals surface area contributed by atoms with E-state index < -0.39 is 11.9 Å². The monoisotopic (exact) mass is 899 g/mol. The van der Waals surface area contributed by atoms with E-state index in [9.17, 15) is 34.2 Å². The molecule has 2 aliphatic rings. The lowest BCUT2D eigenvalue weighted by atomic mass is 9.90. The lowest BCUT2D eigenvalue weighted by Gasteiger charge is -2.25. The third kappa shape index (κ3) is 13.2. The summed E-state index contributed by atoms with van der Waals surface area (Å²) >= 11 is 0. The lowest BCUT2D eigenvalue weighted by molar-refractivity contribution is -0.122. The van der Waals surface area contributed by atoms with Gasteiger partial charge < -0.3 is 49.1 Å². The Morgan fingerprint density at radius 3 is 2.14 bits per heavy atom. The molecule has 0 bridgehead atoms. The molecule has 1 aliphatic heterocycles. The molecule has 4 aromatic rings. The van der Waals surface area contributed by atoms with E-state index in [1.807, 2.05) is 55.5 Å². The van der Waals surface area contributed by atoms with E-state index in [2.05, 4.69) is 17.2 Å². The molecule has 0 aromatic heterocycles. The predicted molar refractivity (Wildman–Crippen MR) is 250 cm³/mol. The van der Waals surface area contributed by atoms with Gasteiger partial charge in [-0.25, -0.2) is 4.79 Å². The minimum absolute atomic E-state index is 0.0627. The largest absolute Gasteiger partial charge is 0.508 e. The van der Waals surface area contributed by atoms with Gasteiger partial charge >= 0.3 is 5.97 Å². The fourth-order valence-electron chi connectivity index (χ4n) is 7.25. The molecular formula is C51H53N3O12. The van der Waals surface area contributed by atoms with Crippen molar-refractivity contribution >= 4 is 46.4 Å². The Labute approximate surface area is 381 Å². The molecule has 15 nitrogen and oxygen atoms in total. The Hall–Kier alpha value is -7.17. The standard InChI is InChI=1S/C51H53N3O12/c1-3-35-9-5-6-10-37(35)33-54(44-11-7-4-8-34(44)2)48(58)18-20-52-47(57)19-22-62-24-26-64-28-29-65-27-25-63-23-21-53-50(59)36-12-15-40(43(30-36)51(60)61)49-41-16-13-38(55)31-45(41)66-46-32-39(56)14-17-42(46)49/h3-17,30-32,55H,1,18-29,33H2,2H3,(H,52,57)(H,53,59)(H,60,61). The van der Waals surface area contributed by atoms with Crippen LogP contribution in [0.25, 0.3) is 39.5 Å². The van der Waals surface area contributed by atoms with Crippen molar-refractivity contribution < 1.29 is 52.8 Å². The van der Waals surface area contributed by atoms with E-state index >= 15 is 0 Å². The minimum atomic E-state index is -1.26. The molecule has 66 heavy (non-hydrogen) atoms. The molecule has 4 N–H and O–H groups in total. The lowest BCUT2D eigenvalue weighted by Crippen LogP contribution is -2.35. The molecular weight excluding hydrogens is 847 g/mol. The van der Waals surface area contributed by atoms with Gasteiger partial charge in [-0.05, 0) is 71.6 Å². The van der Waals surface area contributed by atoms with Gasteiger partial charge in [0.2, 0.25) is 11.8 Å². The number of fused-ring (bicyclic) bond motifs is 2. The Balaban J connectivity index is 0.812. The molecule has 0 atom stereocenters. The molecule has 15 heteroatoms. The van der Waals surface area contributed by atoms with Crippen LogP contribution in [0.3, 0.4) is 0 Å². The number of phenolic OH excluding ortho intramolecular Hbond substituents is 1. The number of anilines is 1. The third-order valence-corrected chi connectivity index (χ3v) is 10.6. The number of nitrogens with zero attached hydrogens (tertiary/aromatic N) is 1. The molecule has 0 saturated heterocycles. The summed E-state index contributed by atoms with van der Waals surface area (Å²) in [7, 11) is 0. The highest BCUT2D eigenvalue weighted by molar-refractivity contribution is 6.09. The van der Waals surface area contributed by atoms with E-state index in [0.717, 1.165) is 22.4 Å². The van der Waals surface area contributed by atoms with Crippen molar-refractivity contribution in [3.05, 3.63) is 148 Å². The second kappa shape index (κ2) is 24.2. The van der Waals surface area contributed by atoms with Gasteiger partial charge in [0.05, 0.1) is 65.0 Å². The molecule has 344 valence electrons. The number of aryl methyl sites for hydroxylation is 1. The van der Waals surface area contributed by atoms with E-state index in [1.54, 1.807) is 29.2 Å². The van der Waals surface area contributed by atoms with Gasteiger partial charge in [-0.3, -0.25) is 19.2 Å². The van der Waals surface area contributed by atoms with E-state index in [4.69, 9.17) is 23.4 Å². The molecule has 1 aliphatic carbocycles. The molecule has 0 radical (unpaired) electrons. The van der Waals surface area contributed by atoms with Crippen LogP contribution in [0.5, 0.6) is 5.75 Å². The van der Waals surface area contributed by atoms with Crippen molar-refractivity contribution in [1.82, 2.24) is 10.6 Å². The number of carbonyl (C=O) groups excluding carboxylic acids is 3. The van der Waals surface area contributed by atoms with E-state index in [0.29, 0.717) is 61.7 Å². The number of phenols is 1. The summed E-state index contributed by atoms with van der Waals surface area (Å²) in [5, 5.41) is 26.3. The predicted octanol–water partition coefficient (Wildman–Crippen LogP) is 6.85. The van der Waals surface area contributed by atoms with Gasteiger partial charge in [0.25, 0.3) is 5.91 Å². The summed E-state index contributed by atoms with van der Waals surface area (Å²) < 4.78 is 28.0.